The number of nitrogens with two attached hydrogens (primary N) is 2. The van der Waals surface area contributed by atoms with E-state index < -0.39 is 10.0 Å². The van der Waals surface area contributed by atoms with Crippen LogP contribution in [0.5, 0.6) is 0 Å². The molecule has 0 aliphatic rings. The molecule has 0 saturated heterocycles. The molecule has 1 rings (SSSR count). The summed E-state index contributed by atoms with van der Waals surface area (Å²) in [6, 6.07) is 4.28. The summed E-state index contributed by atoms with van der Waals surface area (Å²) < 4.78 is 27.8. The maximum Gasteiger partial charge on any atom is 0.238 e. The minimum atomic E-state index is -3.72. The van der Waals surface area contributed by atoms with Gasteiger partial charge in [0.25, 0.3) is 0 Å². The summed E-state index contributed by atoms with van der Waals surface area (Å²) in [5.41, 5.74) is 6.73. The van der Waals surface area contributed by atoms with Gasteiger partial charge in [-0.15, -0.1) is 6.58 Å². The van der Waals surface area contributed by atoms with Gasteiger partial charge >= 0.3 is 0 Å². The Morgan fingerprint density at radius 2 is 2.11 bits per heavy atom. The normalized spacial score (nSPS) is 11.2. The molecule has 0 unspecified atom stereocenters. The summed E-state index contributed by atoms with van der Waals surface area (Å²) in [4.78, 5) is 0.0248. The number of primary sulfonamides is 1. The molecule has 19 heavy (non-hydrogen) atoms. The van der Waals surface area contributed by atoms with E-state index >= 15 is 0 Å². The van der Waals surface area contributed by atoms with Crippen LogP contribution >= 0.6 is 0 Å². The highest BCUT2D eigenvalue weighted by molar-refractivity contribution is 7.89. The third-order valence-electron chi connectivity index (χ3n) is 2.38. The lowest BCUT2D eigenvalue weighted by atomic mass is 10.2. The Bertz CT molecular complexity index is 529. The molecule has 106 valence electrons. The fourth-order valence-corrected chi connectivity index (χ4v) is 1.93. The molecule has 0 heterocycles. The maximum absolute atomic E-state index is 11.2. The van der Waals surface area contributed by atoms with Crippen LogP contribution in [0.4, 0.5) is 11.4 Å². The molecule has 0 radical (unpaired) electrons. The van der Waals surface area contributed by atoms with E-state index in [4.69, 9.17) is 15.6 Å². The Hall–Kier alpha value is -1.57. The van der Waals surface area contributed by atoms with Crippen LogP contribution < -0.4 is 16.2 Å². The molecule has 5 N–H and O–H groups in total. The van der Waals surface area contributed by atoms with E-state index in [1.807, 2.05) is 0 Å². The van der Waals surface area contributed by atoms with Gasteiger partial charge in [0.15, 0.2) is 0 Å². The van der Waals surface area contributed by atoms with Crippen LogP contribution in [0.2, 0.25) is 0 Å². The molecule has 1 aromatic carbocycles. The first kappa shape index (κ1) is 15.5. The molecule has 0 aliphatic heterocycles. The van der Waals surface area contributed by atoms with E-state index in [2.05, 4.69) is 11.9 Å². The van der Waals surface area contributed by atoms with Crippen molar-refractivity contribution in [2.75, 3.05) is 30.8 Å². The standard InChI is InChI=1S/C12H19N3O3S/c1-2-3-7-18-8-6-15-12-9-10(19(14,16)17)4-5-11(12)13/h2,4-5,9,15H,1,3,6-8,13H2,(H2,14,16,17). The van der Waals surface area contributed by atoms with Gasteiger partial charge in [0, 0.05) is 6.54 Å². The van der Waals surface area contributed by atoms with Gasteiger partial charge in [-0.3, -0.25) is 0 Å². The first-order valence-electron chi connectivity index (χ1n) is 5.80. The first-order valence-corrected chi connectivity index (χ1v) is 7.34. The summed E-state index contributed by atoms with van der Waals surface area (Å²) in [6.07, 6.45) is 2.57. The van der Waals surface area contributed by atoms with Crippen molar-refractivity contribution < 1.29 is 13.2 Å². The largest absolute Gasteiger partial charge is 0.397 e. The average Bonchev–Trinajstić information content (AvgIpc) is 2.34. The fourth-order valence-electron chi connectivity index (χ4n) is 1.39. The average molecular weight is 285 g/mol. The third-order valence-corrected chi connectivity index (χ3v) is 3.29. The van der Waals surface area contributed by atoms with E-state index in [-0.39, 0.29) is 4.90 Å². The summed E-state index contributed by atoms with van der Waals surface area (Å²) in [6.45, 7) is 5.21. The number of anilines is 2. The first-order chi connectivity index (χ1) is 8.95. The molecule has 6 nitrogen and oxygen atoms in total. The van der Waals surface area contributed by atoms with Crippen molar-refractivity contribution in [3.05, 3.63) is 30.9 Å². The zero-order chi connectivity index (χ0) is 14.3. The number of hydrogen-bond acceptors (Lipinski definition) is 5. The monoisotopic (exact) mass is 285 g/mol. The van der Waals surface area contributed by atoms with Crippen molar-refractivity contribution in [2.45, 2.75) is 11.3 Å². The van der Waals surface area contributed by atoms with Gasteiger partial charge in [0.1, 0.15) is 0 Å². The number of nitrogens with one attached hydrogen (secondary N) is 1. The molecule has 0 amide bonds. The van der Waals surface area contributed by atoms with Crippen LogP contribution in [0.1, 0.15) is 6.42 Å². The van der Waals surface area contributed by atoms with Gasteiger partial charge in [-0.1, -0.05) is 6.08 Å². The molecular weight excluding hydrogens is 266 g/mol. The Kier molecular flexibility index (Phi) is 5.81. The zero-order valence-electron chi connectivity index (χ0n) is 10.6. The minimum absolute atomic E-state index is 0.0248. The highest BCUT2D eigenvalue weighted by atomic mass is 32.2. The van der Waals surface area contributed by atoms with Gasteiger partial charge in [0.2, 0.25) is 10.0 Å². The van der Waals surface area contributed by atoms with Crippen LogP contribution in [-0.2, 0) is 14.8 Å². The molecule has 7 heteroatoms. The van der Waals surface area contributed by atoms with Crippen LogP contribution in [0, 0.1) is 0 Å². The number of hydrogen-bond donors (Lipinski definition) is 3. The Balaban J connectivity index is 2.56. The summed E-state index contributed by atoms with van der Waals surface area (Å²) in [5, 5.41) is 8.06. The number of rotatable bonds is 8. The van der Waals surface area contributed by atoms with Gasteiger partial charge in [-0.25, -0.2) is 13.6 Å². The second-order valence-electron chi connectivity index (χ2n) is 3.91. The van der Waals surface area contributed by atoms with Crippen LogP contribution in [0.25, 0.3) is 0 Å². The highest BCUT2D eigenvalue weighted by Crippen LogP contribution is 2.21. The lowest BCUT2D eigenvalue weighted by molar-refractivity contribution is 0.149. The quantitative estimate of drug-likeness (QED) is 0.374. The highest BCUT2D eigenvalue weighted by Gasteiger charge is 2.09. The second-order valence-corrected chi connectivity index (χ2v) is 5.47. The Labute approximate surface area is 113 Å². The predicted molar refractivity (Wildman–Crippen MR) is 76.4 cm³/mol. The Morgan fingerprint density at radius 3 is 2.74 bits per heavy atom. The van der Waals surface area contributed by atoms with E-state index in [1.165, 1.54) is 18.2 Å². The molecule has 0 fully saturated rings. The lowest BCUT2D eigenvalue weighted by Gasteiger charge is -2.10. The van der Waals surface area contributed by atoms with Crippen molar-refractivity contribution in [3.63, 3.8) is 0 Å². The molecular formula is C12H19N3O3S. The zero-order valence-corrected chi connectivity index (χ0v) is 11.4. The van der Waals surface area contributed by atoms with Gasteiger partial charge in [0.05, 0.1) is 29.5 Å². The number of ether oxygens (including phenoxy) is 1. The topological polar surface area (TPSA) is 107 Å². The second kappa shape index (κ2) is 7.13. The van der Waals surface area contributed by atoms with Crippen LogP contribution in [0.3, 0.4) is 0 Å². The smallest absolute Gasteiger partial charge is 0.238 e. The van der Waals surface area contributed by atoms with Gasteiger partial charge in [-0.2, -0.15) is 0 Å². The number of nitrogen functional groups attached to an aromatic ring is 1. The third kappa shape index (κ3) is 5.29. The lowest BCUT2D eigenvalue weighted by Crippen LogP contribution is -2.14. The summed E-state index contributed by atoms with van der Waals surface area (Å²) in [5.74, 6) is 0. The molecule has 0 aliphatic carbocycles. The summed E-state index contributed by atoms with van der Waals surface area (Å²) >= 11 is 0. The van der Waals surface area contributed by atoms with Gasteiger partial charge < -0.3 is 15.8 Å². The molecule has 0 saturated carbocycles. The molecule has 0 spiro atoms. The molecule has 0 atom stereocenters. The Morgan fingerprint density at radius 1 is 1.37 bits per heavy atom. The maximum atomic E-state index is 11.2. The van der Waals surface area contributed by atoms with Crippen LogP contribution in [-0.4, -0.2) is 28.2 Å². The van der Waals surface area contributed by atoms with Crippen molar-refractivity contribution in [2.24, 2.45) is 5.14 Å². The predicted octanol–water partition coefficient (Wildman–Crippen LogP) is 0.921. The van der Waals surface area contributed by atoms with Crippen molar-refractivity contribution >= 4 is 21.4 Å². The molecule has 0 aromatic heterocycles. The van der Waals surface area contributed by atoms with Crippen molar-refractivity contribution in [1.29, 1.82) is 0 Å². The van der Waals surface area contributed by atoms with E-state index in [0.717, 1.165) is 6.42 Å². The molecule has 0 bridgehead atoms. The molecule has 1 aromatic rings. The van der Waals surface area contributed by atoms with Crippen molar-refractivity contribution in [1.82, 2.24) is 0 Å². The van der Waals surface area contributed by atoms with E-state index in [9.17, 15) is 8.42 Å². The van der Waals surface area contributed by atoms with Crippen LogP contribution in [0.15, 0.2) is 35.7 Å². The van der Waals surface area contributed by atoms with Gasteiger partial charge in [-0.05, 0) is 24.6 Å². The van der Waals surface area contributed by atoms with E-state index in [1.54, 1.807) is 6.08 Å². The van der Waals surface area contributed by atoms with Crippen molar-refractivity contribution in [3.8, 4) is 0 Å². The summed E-state index contributed by atoms with van der Waals surface area (Å²) in [7, 11) is -3.72. The number of sulfonamides is 1. The number of benzene rings is 1. The SMILES string of the molecule is C=CCCOCCNc1cc(S(N)(=O)=O)ccc1N. The minimum Gasteiger partial charge on any atom is -0.397 e. The fraction of sp³-hybridized carbons (Fsp3) is 0.333. The van der Waals surface area contributed by atoms with E-state index in [0.29, 0.717) is 31.1 Å².